The summed E-state index contributed by atoms with van der Waals surface area (Å²) in [6, 6.07) is 2.46. The number of nitrogens with zero attached hydrogens (tertiary/aromatic N) is 4. The Hall–Kier alpha value is -2.31. The number of hydrogen-bond acceptors (Lipinski definition) is 4. The van der Waals surface area contributed by atoms with Crippen LogP contribution in [-0.4, -0.2) is 19.6 Å². The molecule has 0 aliphatic rings. The van der Waals surface area contributed by atoms with Gasteiger partial charge in [0.2, 0.25) is 0 Å². The van der Waals surface area contributed by atoms with Crippen LogP contribution in [0.1, 0.15) is 5.82 Å². The number of rotatable bonds is 0. The molecule has 5 nitrogen and oxygen atoms in total. The zero-order valence-electron chi connectivity index (χ0n) is 8.78. The maximum Gasteiger partial charge on any atom is 0.257 e. The van der Waals surface area contributed by atoms with E-state index in [-0.39, 0.29) is 17.0 Å². The Balaban J connectivity index is 2.66. The van der Waals surface area contributed by atoms with Gasteiger partial charge in [-0.2, -0.15) is 4.98 Å². The van der Waals surface area contributed by atoms with Crippen LogP contribution in [0.5, 0.6) is 0 Å². The van der Waals surface area contributed by atoms with Crippen LogP contribution in [0.25, 0.3) is 16.7 Å². The van der Waals surface area contributed by atoms with E-state index in [0.717, 1.165) is 6.07 Å². The highest BCUT2D eigenvalue weighted by Crippen LogP contribution is 2.25. The van der Waals surface area contributed by atoms with E-state index < -0.39 is 11.6 Å². The van der Waals surface area contributed by atoms with Crippen molar-refractivity contribution < 1.29 is 8.78 Å². The van der Waals surface area contributed by atoms with E-state index in [1.54, 1.807) is 6.92 Å². The number of nitrogen functional groups attached to an aromatic ring is 1. The third-order valence-electron chi connectivity index (χ3n) is 2.60. The fourth-order valence-corrected chi connectivity index (χ4v) is 1.84. The fourth-order valence-electron chi connectivity index (χ4n) is 1.84. The molecule has 17 heavy (non-hydrogen) atoms. The van der Waals surface area contributed by atoms with Crippen LogP contribution < -0.4 is 5.73 Å². The second-order valence-corrected chi connectivity index (χ2v) is 3.64. The molecule has 0 saturated heterocycles. The number of aryl methyl sites for hydroxylation is 1. The van der Waals surface area contributed by atoms with Gasteiger partial charge in [0.15, 0.2) is 11.6 Å². The molecule has 0 spiro atoms. The maximum atomic E-state index is 13.7. The van der Waals surface area contributed by atoms with Gasteiger partial charge in [-0.3, -0.25) is 4.40 Å². The Morgan fingerprint density at radius 3 is 2.76 bits per heavy atom. The zero-order chi connectivity index (χ0) is 12.2. The van der Waals surface area contributed by atoms with Crippen LogP contribution in [0.2, 0.25) is 0 Å². The summed E-state index contributed by atoms with van der Waals surface area (Å²) in [5.41, 5.74) is 6.00. The van der Waals surface area contributed by atoms with Crippen molar-refractivity contribution in [2.75, 3.05) is 5.73 Å². The van der Waals surface area contributed by atoms with Crippen molar-refractivity contribution in [3.63, 3.8) is 0 Å². The Bertz CT molecular complexity index is 749. The molecule has 2 aromatic heterocycles. The van der Waals surface area contributed by atoms with Crippen molar-refractivity contribution >= 4 is 22.5 Å². The van der Waals surface area contributed by atoms with Crippen molar-refractivity contribution in [3.05, 3.63) is 29.6 Å². The highest BCUT2D eigenvalue weighted by atomic mass is 19.2. The van der Waals surface area contributed by atoms with Crippen LogP contribution in [-0.2, 0) is 0 Å². The first-order chi connectivity index (χ1) is 8.09. The lowest BCUT2D eigenvalue weighted by Crippen LogP contribution is -2.02. The van der Waals surface area contributed by atoms with Gasteiger partial charge in [-0.15, -0.1) is 10.2 Å². The number of halogens is 2. The number of anilines is 1. The summed E-state index contributed by atoms with van der Waals surface area (Å²) in [6.45, 7) is 1.69. The lowest BCUT2D eigenvalue weighted by Gasteiger charge is -2.06. The minimum Gasteiger partial charge on any atom is -0.383 e. The summed E-state index contributed by atoms with van der Waals surface area (Å²) in [4.78, 5) is 3.89. The summed E-state index contributed by atoms with van der Waals surface area (Å²) in [5, 5.41) is 7.55. The first-order valence-electron chi connectivity index (χ1n) is 4.84. The molecule has 0 radical (unpaired) electrons. The van der Waals surface area contributed by atoms with Gasteiger partial charge in [0.25, 0.3) is 5.78 Å². The number of fused-ring (bicyclic) bond motifs is 3. The van der Waals surface area contributed by atoms with Gasteiger partial charge in [-0.05, 0) is 19.1 Å². The maximum absolute atomic E-state index is 13.7. The van der Waals surface area contributed by atoms with Gasteiger partial charge in [-0.25, -0.2) is 8.78 Å². The number of aromatic nitrogens is 4. The minimum atomic E-state index is -1.01. The van der Waals surface area contributed by atoms with Gasteiger partial charge >= 0.3 is 0 Å². The van der Waals surface area contributed by atoms with E-state index in [1.165, 1.54) is 10.5 Å². The Labute approximate surface area is 93.9 Å². The van der Waals surface area contributed by atoms with Gasteiger partial charge in [0.1, 0.15) is 11.6 Å². The quantitative estimate of drug-likeness (QED) is 0.640. The van der Waals surface area contributed by atoms with Crippen molar-refractivity contribution in [3.8, 4) is 0 Å². The Morgan fingerprint density at radius 2 is 2.00 bits per heavy atom. The lowest BCUT2D eigenvalue weighted by molar-refractivity contribution is 0.517. The lowest BCUT2D eigenvalue weighted by atomic mass is 10.2. The van der Waals surface area contributed by atoms with E-state index in [4.69, 9.17) is 5.73 Å². The molecule has 7 heteroatoms. The molecule has 0 aliphatic carbocycles. The first-order valence-corrected chi connectivity index (χ1v) is 4.84. The summed E-state index contributed by atoms with van der Waals surface area (Å²) < 4.78 is 28.4. The van der Waals surface area contributed by atoms with Crippen LogP contribution in [0.3, 0.4) is 0 Å². The molecular weight excluding hydrogens is 228 g/mol. The largest absolute Gasteiger partial charge is 0.383 e. The van der Waals surface area contributed by atoms with E-state index in [9.17, 15) is 8.78 Å². The van der Waals surface area contributed by atoms with Crippen LogP contribution in [0.15, 0.2) is 12.1 Å². The highest BCUT2D eigenvalue weighted by molar-refractivity contribution is 5.90. The van der Waals surface area contributed by atoms with Crippen LogP contribution in [0, 0.1) is 18.6 Å². The van der Waals surface area contributed by atoms with Crippen LogP contribution in [0.4, 0.5) is 14.6 Å². The van der Waals surface area contributed by atoms with E-state index in [0.29, 0.717) is 11.3 Å². The smallest absolute Gasteiger partial charge is 0.257 e. The number of hydrogen-bond donors (Lipinski definition) is 1. The van der Waals surface area contributed by atoms with Gasteiger partial charge < -0.3 is 5.73 Å². The molecule has 3 aromatic rings. The summed E-state index contributed by atoms with van der Waals surface area (Å²) in [6.07, 6.45) is 0. The van der Waals surface area contributed by atoms with Crippen molar-refractivity contribution in [1.29, 1.82) is 0 Å². The van der Waals surface area contributed by atoms with Gasteiger partial charge in [0.05, 0.1) is 10.9 Å². The third-order valence-corrected chi connectivity index (χ3v) is 2.60. The molecule has 2 heterocycles. The van der Waals surface area contributed by atoms with E-state index in [1.807, 2.05) is 0 Å². The Morgan fingerprint density at radius 1 is 1.24 bits per heavy atom. The molecule has 0 amide bonds. The molecule has 0 bridgehead atoms. The molecule has 0 saturated carbocycles. The van der Waals surface area contributed by atoms with E-state index in [2.05, 4.69) is 15.2 Å². The normalized spacial score (nSPS) is 11.5. The highest BCUT2D eigenvalue weighted by Gasteiger charge is 2.16. The van der Waals surface area contributed by atoms with Crippen molar-refractivity contribution in [1.82, 2.24) is 19.6 Å². The third kappa shape index (κ3) is 1.19. The number of nitrogens with two attached hydrogens (primary N) is 1. The van der Waals surface area contributed by atoms with Crippen LogP contribution >= 0.6 is 0 Å². The standard InChI is InChI=1S/C10H7F2N5/c1-4-15-16-10-14-9(13)7-6(17(4)10)3-2-5(11)8(7)12/h2-3H,1H3,(H2,13,14,16). The van der Waals surface area contributed by atoms with E-state index >= 15 is 0 Å². The summed E-state index contributed by atoms with van der Waals surface area (Å²) >= 11 is 0. The second-order valence-electron chi connectivity index (χ2n) is 3.64. The number of benzene rings is 1. The average molecular weight is 235 g/mol. The van der Waals surface area contributed by atoms with Gasteiger partial charge in [0, 0.05) is 0 Å². The van der Waals surface area contributed by atoms with Gasteiger partial charge in [-0.1, -0.05) is 0 Å². The van der Waals surface area contributed by atoms with Crippen molar-refractivity contribution in [2.45, 2.75) is 6.92 Å². The Kier molecular flexibility index (Phi) is 1.80. The second kappa shape index (κ2) is 3.09. The topological polar surface area (TPSA) is 69.1 Å². The average Bonchev–Trinajstić information content (AvgIpc) is 2.65. The predicted molar refractivity (Wildman–Crippen MR) is 57.4 cm³/mol. The summed E-state index contributed by atoms with van der Waals surface area (Å²) in [7, 11) is 0. The molecule has 0 fully saturated rings. The fraction of sp³-hybridized carbons (Fsp3) is 0.100. The first kappa shape index (κ1) is 9.88. The molecule has 2 N–H and O–H groups in total. The summed E-state index contributed by atoms with van der Waals surface area (Å²) in [5.74, 6) is -1.28. The zero-order valence-corrected chi connectivity index (χ0v) is 8.78. The molecule has 3 rings (SSSR count). The SMILES string of the molecule is Cc1nnc2nc(N)c3c(F)c(F)ccc3n12. The molecule has 1 aromatic carbocycles. The molecule has 0 atom stereocenters. The monoisotopic (exact) mass is 235 g/mol. The van der Waals surface area contributed by atoms with Crippen molar-refractivity contribution in [2.24, 2.45) is 0 Å². The molecule has 0 aliphatic heterocycles. The molecule has 0 unspecified atom stereocenters. The molecular formula is C10H7F2N5. The predicted octanol–water partition coefficient (Wildman–Crippen LogP) is 1.45. The molecule has 86 valence electrons. The minimum absolute atomic E-state index is 0.0552.